The number of anilines is 1. The van der Waals surface area contributed by atoms with Crippen LogP contribution in [-0.4, -0.2) is 16.4 Å². The van der Waals surface area contributed by atoms with Gasteiger partial charge in [-0.3, -0.25) is 4.40 Å². The van der Waals surface area contributed by atoms with Gasteiger partial charge >= 0.3 is 0 Å². The number of hydrogen-bond donors (Lipinski definition) is 1. The minimum atomic E-state index is 0.930. The maximum atomic E-state index is 4.72. The molecule has 0 aliphatic carbocycles. The maximum Gasteiger partial charge on any atom is 0.138 e. The molecule has 0 aliphatic rings. The van der Waals surface area contributed by atoms with Gasteiger partial charge in [0.1, 0.15) is 11.5 Å². The van der Waals surface area contributed by atoms with E-state index in [1.165, 1.54) is 5.56 Å². The van der Waals surface area contributed by atoms with Crippen LogP contribution in [0.5, 0.6) is 0 Å². The molecule has 0 atom stereocenters. The number of hydrogen-bond acceptors (Lipinski definition) is 2. The van der Waals surface area contributed by atoms with E-state index in [4.69, 9.17) is 4.98 Å². The van der Waals surface area contributed by atoms with E-state index in [9.17, 15) is 0 Å². The van der Waals surface area contributed by atoms with Crippen LogP contribution in [0.1, 0.15) is 11.3 Å². The van der Waals surface area contributed by atoms with Crippen LogP contribution >= 0.6 is 15.9 Å². The summed E-state index contributed by atoms with van der Waals surface area (Å²) in [5.41, 5.74) is 3.42. The molecule has 3 rings (SSSR count). The zero-order valence-electron chi connectivity index (χ0n) is 11.3. The predicted molar refractivity (Wildman–Crippen MR) is 86.3 cm³/mol. The quantitative estimate of drug-likeness (QED) is 0.785. The number of nitrogens with zero attached hydrogens (tertiary/aromatic N) is 2. The molecular weight excluding hydrogens is 314 g/mol. The number of imidazole rings is 1. The number of aryl methyl sites for hydroxylation is 2. The molecule has 0 amide bonds. The van der Waals surface area contributed by atoms with E-state index in [0.717, 1.165) is 34.5 Å². The zero-order chi connectivity index (χ0) is 13.9. The summed E-state index contributed by atoms with van der Waals surface area (Å²) in [5, 5.41) is 3.26. The SMILES string of the molecule is CNc1c(CCc2ccccc2)nc2ccc(Br)cn12. The molecule has 3 nitrogen and oxygen atoms in total. The van der Waals surface area contributed by atoms with Crippen LogP contribution in [0.2, 0.25) is 0 Å². The van der Waals surface area contributed by atoms with E-state index < -0.39 is 0 Å². The molecule has 1 N–H and O–H groups in total. The number of nitrogens with one attached hydrogen (secondary N) is 1. The summed E-state index contributed by atoms with van der Waals surface area (Å²) in [4.78, 5) is 4.72. The minimum Gasteiger partial charge on any atom is -0.373 e. The number of benzene rings is 1. The summed E-state index contributed by atoms with van der Waals surface area (Å²) in [6, 6.07) is 14.6. The third kappa shape index (κ3) is 2.56. The molecule has 0 fully saturated rings. The van der Waals surface area contributed by atoms with Gasteiger partial charge in [0.05, 0.1) is 5.69 Å². The van der Waals surface area contributed by atoms with E-state index in [1.54, 1.807) is 0 Å². The Hall–Kier alpha value is -1.81. The largest absolute Gasteiger partial charge is 0.373 e. The minimum absolute atomic E-state index is 0.930. The van der Waals surface area contributed by atoms with Gasteiger partial charge in [0.15, 0.2) is 0 Å². The predicted octanol–water partition coefficient (Wildman–Crippen LogP) is 3.92. The third-order valence-corrected chi connectivity index (χ3v) is 3.85. The smallest absolute Gasteiger partial charge is 0.138 e. The molecule has 1 aromatic carbocycles. The lowest BCUT2D eigenvalue weighted by atomic mass is 10.1. The van der Waals surface area contributed by atoms with Gasteiger partial charge in [0, 0.05) is 17.7 Å². The molecule has 3 aromatic rings. The van der Waals surface area contributed by atoms with E-state index in [0.29, 0.717) is 0 Å². The first-order valence-corrected chi connectivity index (χ1v) is 7.45. The highest BCUT2D eigenvalue weighted by Crippen LogP contribution is 2.22. The average molecular weight is 330 g/mol. The Labute approximate surface area is 126 Å². The molecule has 4 heteroatoms. The number of rotatable bonds is 4. The van der Waals surface area contributed by atoms with Gasteiger partial charge < -0.3 is 5.32 Å². The van der Waals surface area contributed by atoms with E-state index in [-0.39, 0.29) is 0 Å². The summed E-state index contributed by atoms with van der Waals surface area (Å²) < 4.78 is 3.14. The van der Waals surface area contributed by atoms with Gasteiger partial charge in [-0.1, -0.05) is 30.3 Å². The third-order valence-electron chi connectivity index (χ3n) is 3.38. The van der Waals surface area contributed by atoms with Crippen molar-refractivity contribution in [1.82, 2.24) is 9.38 Å². The molecule has 2 heterocycles. The topological polar surface area (TPSA) is 29.3 Å². The first-order valence-electron chi connectivity index (χ1n) is 6.66. The van der Waals surface area contributed by atoms with Crippen molar-refractivity contribution in [3.05, 3.63) is 64.4 Å². The summed E-state index contributed by atoms with van der Waals surface area (Å²) in [5.74, 6) is 1.07. The fourth-order valence-electron chi connectivity index (χ4n) is 2.41. The Kier molecular flexibility index (Phi) is 3.74. The number of pyridine rings is 1. The molecule has 0 spiro atoms. The van der Waals surface area contributed by atoms with Crippen molar-refractivity contribution in [3.63, 3.8) is 0 Å². The van der Waals surface area contributed by atoms with Crippen LogP contribution in [-0.2, 0) is 12.8 Å². The summed E-state index contributed by atoms with van der Waals surface area (Å²) in [6.45, 7) is 0. The highest BCUT2D eigenvalue weighted by atomic mass is 79.9. The van der Waals surface area contributed by atoms with Crippen LogP contribution in [0.3, 0.4) is 0 Å². The molecule has 0 saturated heterocycles. The fourth-order valence-corrected chi connectivity index (χ4v) is 2.75. The van der Waals surface area contributed by atoms with Crippen LogP contribution in [0, 0.1) is 0 Å². The van der Waals surface area contributed by atoms with Crippen molar-refractivity contribution in [2.75, 3.05) is 12.4 Å². The highest BCUT2D eigenvalue weighted by molar-refractivity contribution is 9.10. The van der Waals surface area contributed by atoms with E-state index in [2.05, 4.69) is 49.9 Å². The lowest BCUT2D eigenvalue weighted by Gasteiger charge is -2.04. The van der Waals surface area contributed by atoms with Crippen molar-refractivity contribution in [2.24, 2.45) is 0 Å². The standard InChI is InChI=1S/C16H16BrN3/c1-18-16-14(9-7-12-5-3-2-4-6-12)19-15-10-8-13(17)11-20(15)16/h2-6,8,10-11,18H,7,9H2,1H3. The van der Waals surface area contributed by atoms with E-state index >= 15 is 0 Å². The molecule has 2 aromatic heterocycles. The Balaban J connectivity index is 1.91. The van der Waals surface area contributed by atoms with Gasteiger partial charge in [-0.25, -0.2) is 4.98 Å². The Bertz CT molecular complexity index is 719. The monoisotopic (exact) mass is 329 g/mol. The molecule has 0 unspecified atom stereocenters. The normalized spacial score (nSPS) is 10.9. The summed E-state index contributed by atoms with van der Waals surface area (Å²) in [7, 11) is 1.94. The Morgan fingerprint density at radius 1 is 1.10 bits per heavy atom. The first-order chi connectivity index (χ1) is 9.78. The fraction of sp³-hybridized carbons (Fsp3) is 0.188. The zero-order valence-corrected chi connectivity index (χ0v) is 12.9. The molecular formula is C16H16BrN3. The average Bonchev–Trinajstić information content (AvgIpc) is 2.83. The number of fused-ring (bicyclic) bond motifs is 1. The molecule has 0 aliphatic heterocycles. The van der Waals surface area contributed by atoms with Crippen molar-refractivity contribution >= 4 is 27.4 Å². The van der Waals surface area contributed by atoms with Gasteiger partial charge in [-0.2, -0.15) is 0 Å². The van der Waals surface area contributed by atoms with Crippen molar-refractivity contribution in [3.8, 4) is 0 Å². The maximum absolute atomic E-state index is 4.72. The van der Waals surface area contributed by atoms with Gasteiger partial charge in [-0.05, 0) is 46.5 Å². The van der Waals surface area contributed by atoms with Crippen molar-refractivity contribution < 1.29 is 0 Å². The second-order valence-electron chi connectivity index (χ2n) is 4.72. The molecule has 102 valence electrons. The summed E-state index contributed by atoms with van der Waals surface area (Å²) >= 11 is 3.50. The molecule has 0 saturated carbocycles. The van der Waals surface area contributed by atoms with Crippen LogP contribution in [0.25, 0.3) is 5.65 Å². The van der Waals surface area contributed by atoms with E-state index in [1.807, 2.05) is 31.4 Å². The van der Waals surface area contributed by atoms with Gasteiger partial charge in [0.2, 0.25) is 0 Å². The highest BCUT2D eigenvalue weighted by Gasteiger charge is 2.11. The first kappa shape index (κ1) is 13.2. The van der Waals surface area contributed by atoms with Crippen LogP contribution in [0.15, 0.2) is 53.1 Å². The molecule has 0 bridgehead atoms. The number of halogens is 1. The van der Waals surface area contributed by atoms with Crippen molar-refractivity contribution in [1.29, 1.82) is 0 Å². The second kappa shape index (κ2) is 5.67. The van der Waals surface area contributed by atoms with Crippen molar-refractivity contribution in [2.45, 2.75) is 12.8 Å². The number of aromatic nitrogens is 2. The molecule has 0 radical (unpaired) electrons. The second-order valence-corrected chi connectivity index (χ2v) is 5.63. The van der Waals surface area contributed by atoms with Crippen LogP contribution < -0.4 is 5.32 Å². The van der Waals surface area contributed by atoms with Gasteiger partial charge in [0.25, 0.3) is 0 Å². The molecule has 20 heavy (non-hydrogen) atoms. The Morgan fingerprint density at radius 3 is 2.65 bits per heavy atom. The van der Waals surface area contributed by atoms with Gasteiger partial charge in [-0.15, -0.1) is 0 Å². The Morgan fingerprint density at radius 2 is 1.90 bits per heavy atom. The van der Waals surface area contributed by atoms with Crippen LogP contribution in [0.4, 0.5) is 5.82 Å². The lowest BCUT2D eigenvalue weighted by Crippen LogP contribution is -1.99. The summed E-state index contributed by atoms with van der Waals surface area (Å²) in [6.07, 6.45) is 3.97. The lowest BCUT2D eigenvalue weighted by molar-refractivity contribution is 0.929.